The number of carbonyl (C=O) groups is 1. The molecular weight excluding hydrogens is 244 g/mol. The maximum Gasteiger partial charge on any atom is 0.257 e. The van der Waals surface area contributed by atoms with E-state index in [1.54, 1.807) is 26.4 Å². The van der Waals surface area contributed by atoms with Crippen LogP contribution in [-0.4, -0.2) is 42.1 Å². The van der Waals surface area contributed by atoms with Crippen LogP contribution in [-0.2, 0) is 0 Å². The van der Waals surface area contributed by atoms with E-state index in [4.69, 9.17) is 9.47 Å². The number of pyridine rings is 1. The van der Waals surface area contributed by atoms with Crippen molar-refractivity contribution in [1.82, 2.24) is 9.88 Å². The van der Waals surface area contributed by atoms with Gasteiger partial charge in [-0.05, 0) is 26.7 Å². The first-order chi connectivity index (χ1) is 8.97. The summed E-state index contributed by atoms with van der Waals surface area (Å²) in [5.74, 6) is 0.882. The van der Waals surface area contributed by atoms with Crippen LogP contribution in [0.5, 0.6) is 11.6 Å². The molecule has 1 amide bonds. The first kappa shape index (κ1) is 13.6. The Morgan fingerprint density at radius 1 is 1.42 bits per heavy atom. The van der Waals surface area contributed by atoms with Crippen LogP contribution in [0, 0.1) is 0 Å². The summed E-state index contributed by atoms with van der Waals surface area (Å²) in [5, 5.41) is 0. The van der Waals surface area contributed by atoms with Gasteiger partial charge in [0.15, 0.2) is 5.75 Å². The highest BCUT2D eigenvalue weighted by molar-refractivity contribution is 5.96. The van der Waals surface area contributed by atoms with Crippen molar-refractivity contribution in [2.45, 2.75) is 38.9 Å². The number of hydrogen-bond donors (Lipinski definition) is 0. The van der Waals surface area contributed by atoms with Crippen molar-refractivity contribution >= 4 is 5.91 Å². The molecular formula is C14H20N2O3. The molecule has 0 N–H and O–H groups in total. The molecule has 0 saturated heterocycles. The minimum atomic E-state index is -0.105. The first-order valence-electron chi connectivity index (χ1n) is 6.52. The molecule has 19 heavy (non-hydrogen) atoms. The number of ether oxygens (including phenoxy) is 2. The Morgan fingerprint density at radius 3 is 2.63 bits per heavy atom. The van der Waals surface area contributed by atoms with Gasteiger partial charge in [0, 0.05) is 20.2 Å². The van der Waals surface area contributed by atoms with E-state index in [9.17, 15) is 4.79 Å². The Morgan fingerprint density at radius 2 is 2.11 bits per heavy atom. The molecule has 0 aromatic carbocycles. The van der Waals surface area contributed by atoms with Crippen LogP contribution in [0.3, 0.4) is 0 Å². The summed E-state index contributed by atoms with van der Waals surface area (Å²) in [6.07, 6.45) is 3.91. The van der Waals surface area contributed by atoms with Gasteiger partial charge in [-0.2, -0.15) is 0 Å². The SMILES string of the molecule is CC(C)Oc1cc(C(=O)N(C)C)c(OC2CC2)cn1. The second-order valence-corrected chi connectivity index (χ2v) is 5.20. The summed E-state index contributed by atoms with van der Waals surface area (Å²) < 4.78 is 11.2. The van der Waals surface area contributed by atoms with E-state index < -0.39 is 0 Å². The number of nitrogens with zero attached hydrogens (tertiary/aromatic N) is 2. The number of rotatable bonds is 5. The average Bonchev–Trinajstić information content (AvgIpc) is 3.13. The minimum Gasteiger partial charge on any atom is -0.488 e. The van der Waals surface area contributed by atoms with Crippen LogP contribution in [0.25, 0.3) is 0 Å². The number of hydrogen-bond acceptors (Lipinski definition) is 4. The third-order valence-corrected chi connectivity index (χ3v) is 2.65. The van der Waals surface area contributed by atoms with Gasteiger partial charge in [-0.1, -0.05) is 0 Å². The molecule has 104 valence electrons. The summed E-state index contributed by atoms with van der Waals surface area (Å²) >= 11 is 0. The van der Waals surface area contributed by atoms with E-state index in [1.165, 1.54) is 4.90 Å². The van der Waals surface area contributed by atoms with Crippen LogP contribution < -0.4 is 9.47 Å². The standard InChI is InChI=1S/C14H20N2O3/c1-9(2)18-13-7-11(14(17)16(3)4)12(8-15-13)19-10-5-6-10/h7-10H,5-6H2,1-4H3. The predicted molar refractivity (Wildman–Crippen MR) is 71.7 cm³/mol. The zero-order valence-electron chi connectivity index (χ0n) is 11.8. The van der Waals surface area contributed by atoms with Gasteiger partial charge < -0.3 is 14.4 Å². The molecule has 1 aliphatic rings. The van der Waals surface area contributed by atoms with Gasteiger partial charge in [0.25, 0.3) is 5.91 Å². The Hall–Kier alpha value is -1.78. The Kier molecular flexibility index (Phi) is 3.93. The van der Waals surface area contributed by atoms with Gasteiger partial charge in [-0.3, -0.25) is 4.79 Å². The lowest BCUT2D eigenvalue weighted by atomic mass is 10.2. The fourth-order valence-corrected chi connectivity index (χ4v) is 1.60. The largest absolute Gasteiger partial charge is 0.488 e. The van der Waals surface area contributed by atoms with Crippen molar-refractivity contribution in [3.63, 3.8) is 0 Å². The molecule has 5 heteroatoms. The number of aromatic nitrogens is 1. The summed E-state index contributed by atoms with van der Waals surface area (Å²) in [4.78, 5) is 17.9. The van der Waals surface area contributed by atoms with Gasteiger partial charge in [-0.25, -0.2) is 4.98 Å². The van der Waals surface area contributed by atoms with E-state index >= 15 is 0 Å². The highest BCUT2D eigenvalue weighted by atomic mass is 16.5. The monoisotopic (exact) mass is 264 g/mol. The lowest BCUT2D eigenvalue weighted by Gasteiger charge is -2.16. The molecule has 0 atom stereocenters. The predicted octanol–water partition coefficient (Wildman–Crippen LogP) is 2.11. The summed E-state index contributed by atoms with van der Waals surface area (Å²) in [6.45, 7) is 3.84. The Bertz CT molecular complexity index is 468. The van der Waals surface area contributed by atoms with Crippen molar-refractivity contribution in [2.75, 3.05) is 14.1 Å². The van der Waals surface area contributed by atoms with Gasteiger partial charge in [0.05, 0.1) is 24.0 Å². The van der Waals surface area contributed by atoms with Crippen LogP contribution in [0.1, 0.15) is 37.0 Å². The van der Waals surface area contributed by atoms with Crippen molar-refractivity contribution in [1.29, 1.82) is 0 Å². The highest BCUT2D eigenvalue weighted by Gasteiger charge is 2.26. The maximum atomic E-state index is 12.2. The molecule has 0 unspecified atom stereocenters. The Balaban J connectivity index is 2.28. The molecule has 1 fully saturated rings. The molecule has 0 aliphatic heterocycles. The van der Waals surface area contributed by atoms with Gasteiger partial charge in [0.2, 0.25) is 5.88 Å². The molecule has 0 spiro atoms. The van der Waals surface area contributed by atoms with Crippen molar-refractivity contribution < 1.29 is 14.3 Å². The summed E-state index contributed by atoms with van der Waals surface area (Å²) in [5.41, 5.74) is 0.502. The summed E-state index contributed by atoms with van der Waals surface area (Å²) in [7, 11) is 3.43. The quantitative estimate of drug-likeness (QED) is 0.817. The lowest BCUT2D eigenvalue weighted by Crippen LogP contribution is -2.23. The zero-order valence-corrected chi connectivity index (χ0v) is 11.8. The fourth-order valence-electron chi connectivity index (χ4n) is 1.60. The zero-order chi connectivity index (χ0) is 14.0. The van der Waals surface area contributed by atoms with E-state index in [-0.39, 0.29) is 18.1 Å². The summed E-state index contributed by atoms with van der Waals surface area (Å²) in [6, 6.07) is 1.65. The molecule has 5 nitrogen and oxygen atoms in total. The molecule has 1 saturated carbocycles. The molecule has 1 aliphatic carbocycles. The van der Waals surface area contributed by atoms with E-state index in [2.05, 4.69) is 4.98 Å². The van der Waals surface area contributed by atoms with Crippen LogP contribution in [0.15, 0.2) is 12.3 Å². The van der Waals surface area contributed by atoms with Crippen LogP contribution in [0.4, 0.5) is 0 Å². The number of amides is 1. The lowest BCUT2D eigenvalue weighted by molar-refractivity contribution is 0.0821. The van der Waals surface area contributed by atoms with Crippen molar-refractivity contribution in [3.05, 3.63) is 17.8 Å². The molecule has 2 rings (SSSR count). The molecule has 1 heterocycles. The number of carbonyl (C=O) groups excluding carboxylic acids is 1. The minimum absolute atomic E-state index is 0.0185. The smallest absolute Gasteiger partial charge is 0.257 e. The van der Waals surface area contributed by atoms with E-state index in [0.717, 1.165) is 12.8 Å². The topological polar surface area (TPSA) is 51.7 Å². The second kappa shape index (κ2) is 5.47. The molecule has 0 radical (unpaired) electrons. The first-order valence-corrected chi connectivity index (χ1v) is 6.52. The average molecular weight is 264 g/mol. The molecule has 1 aromatic heterocycles. The van der Waals surface area contributed by atoms with Crippen molar-refractivity contribution in [3.8, 4) is 11.6 Å². The van der Waals surface area contributed by atoms with Crippen LogP contribution >= 0.6 is 0 Å². The molecule has 0 bridgehead atoms. The van der Waals surface area contributed by atoms with Crippen molar-refractivity contribution in [2.24, 2.45) is 0 Å². The normalized spacial score (nSPS) is 14.4. The maximum absolute atomic E-state index is 12.2. The van der Waals surface area contributed by atoms with Gasteiger partial charge in [0.1, 0.15) is 0 Å². The highest BCUT2D eigenvalue weighted by Crippen LogP contribution is 2.30. The second-order valence-electron chi connectivity index (χ2n) is 5.20. The Labute approximate surface area is 113 Å². The van der Waals surface area contributed by atoms with E-state index in [1.807, 2.05) is 13.8 Å². The molecule has 1 aromatic rings. The van der Waals surface area contributed by atoms with E-state index in [0.29, 0.717) is 17.2 Å². The third kappa shape index (κ3) is 3.59. The fraction of sp³-hybridized carbons (Fsp3) is 0.571. The van der Waals surface area contributed by atoms with Crippen LogP contribution in [0.2, 0.25) is 0 Å². The van der Waals surface area contributed by atoms with Gasteiger partial charge in [-0.15, -0.1) is 0 Å². The van der Waals surface area contributed by atoms with Gasteiger partial charge >= 0.3 is 0 Å². The third-order valence-electron chi connectivity index (χ3n) is 2.65.